The van der Waals surface area contributed by atoms with Gasteiger partial charge in [0.2, 0.25) is 11.8 Å². The third-order valence-corrected chi connectivity index (χ3v) is 3.81. The molecule has 0 amide bonds. The normalized spacial score (nSPS) is 14.8. The van der Waals surface area contributed by atoms with Crippen molar-refractivity contribution >= 4 is 11.6 Å². The summed E-state index contributed by atoms with van der Waals surface area (Å²) in [5.41, 5.74) is 1.19. The Morgan fingerprint density at radius 1 is 0.955 bits per heavy atom. The van der Waals surface area contributed by atoms with Crippen LogP contribution in [0.1, 0.15) is 0 Å². The number of piperazine rings is 1. The zero-order valence-electron chi connectivity index (χ0n) is 12.9. The molecular formula is C16H20N4O2. The number of ether oxygens (including phenoxy) is 2. The zero-order chi connectivity index (χ0) is 15.4. The number of hydrogen-bond acceptors (Lipinski definition) is 6. The molecule has 6 heteroatoms. The maximum Gasteiger partial charge on any atom is 0.228 e. The first kappa shape index (κ1) is 14.4. The van der Waals surface area contributed by atoms with Crippen LogP contribution < -0.4 is 19.3 Å². The second kappa shape index (κ2) is 6.51. The molecule has 3 rings (SSSR count). The highest BCUT2D eigenvalue weighted by molar-refractivity contribution is 5.52. The number of methoxy groups -OCH3 is 2. The van der Waals surface area contributed by atoms with Crippen LogP contribution in [0.2, 0.25) is 0 Å². The average Bonchev–Trinajstić information content (AvgIpc) is 2.62. The first-order valence-corrected chi connectivity index (χ1v) is 7.31. The number of rotatable bonds is 4. The van der Waals surface area contributed by atoms with E-state index in [4.69, 9.17) is 9.47 Å². The summed E-state index contributed by atoms with van der Waals surface area (Å²) in [6.45, 7) is 3.61. The molecule has 1 fully saturated rings. The maximum atomic E-state index is 5.29. The van der Waals surface area contributed by atoms with Gasteiger partial charge in [0.25, 0.3) is 0 Å². The fraction of sp³-hybridized carbons (Fsp3) is 0.375. The van der Waals surface area contributed by atoms with Crippen LogP contribution in [0.3, 0.4) is 0 Å². The van der Waals surface area contributed by atoms with Gasteiger partial charge in [-0.3, -0.25) is 0 Å². The lowest BCUT2D eigenvalue weighted by molar-refractivity contribution is 0.396. The van der Waals surface area contributed by atoms with Gasteiger partial charge in [0.15, 0.2) is 0 Å². The maximum absolute atomic E-state index is 5.29. The highest BCUT2D eigenvalue weighted by Gasteiger charge is 2.19. The Balaban J connectivity index is 1.66. The second-order valence-corrected chi connectivity index (χ2v) is 5.07. The molecule has 22 heavy (non-hydrogen) atoms. The fourth-order valence-electron chi connectivity index (χ4n) is 2.57. The number of benzene rings is 1. The SMILES string of the molecule is COc1cccc(N2CCN(c3nccc(OC)n3)CC2)c1. The van der Waals surface area contributed by atoms with Gasteiger partial charge in [-0.25, -0.2) is 4.98 Å². The minimum atomic E-state index is 0.597. The lowest BCUT2D eigenvalue weighted by Crippen LogP contribution is -2.47. The minimum Gasteiger partial charge on any atom is -0.497 e. The fourth-order valence-corrected chi connectivity index (χ4v) is 2.57. The average molecular weight is 300 g/mol. The lowest BCUT2D eigenvalue weighted by Gasteiger charge is -2.36. The third-order valence-electron chi connectivity index (χ3n) is 3.81. The molecule has 1 aliphatic rings. The van der Waals surface area contributed by atoms with Crippen molar-refractivity contribution in [2.75, 3.05) is 50.2 Å². The smallest absolute Gasteiger partial charge is 0.228 e. The van der Waals surface area contributed by atoms with Crippen LogP contribution in [0.5, 0.6) is 11.6 Å². The largest absolute Gasteiger partial charge is 0.497 e. The standard InChI is InChI=1S/C16H20N4O2/c1-21-14-5-3-4-13(12-14)19-8-10-20(11-9-19)16-17-7-6-15(18-16)22-2/h3-7,12H,8-11H2,1-2H3. The Hall–Kier alpha value is -2.50. The van der Waals surface area contributed by atoms with Crippen LogP contribution in [-0.2, 0) is 0 Å². The molecule has 0 unspecified atom stereocenters. The molecule has 1 aromatic heterocycles. The van der Waals surface area contributed by atoms with Gasteiger partial charge in [-0.2, -0.15) is 4.98 Å². The summed E-state index contributed by atoms with van der Waals surface area (Å²) in [4.78, 5) is 13.3. The van der Waals surface area contributed by atoms with Crippen LogP contribution in [0.25, 0.3) is 0 Å². The molecule has 1 saturated heterocycles. The van der Waals surface area contributed by atoms with Crippen LogP contribution in [-0.4, -0.2) is 50.4 Å². The first-order valence-electron chi connectivity index (χ1n) is 7.31. The summed E-state index contributed by atoms with van der Waals surface area (Å²) >= 11 is 0. The molecule has 0 spiro atoms. The first-order chi connectivity index (χ1) is 10.8. The third kappa shape index (κ3) is 3.05. The molecule has 0 N–H and O–H groups in total. The molecule has 0 radical (unpaired) electrons. The highest BCUT2D eigenvalue weighted by atomic mass is 16.5. The van der Waals surface area contributed by atoms with Gasteiger partial charge in [-0.05, 0) is 12.1 Å². The quantitative estimate of drug-likeness (QED) is 0.858. The van der Waals surface area contributed by atoms with Crippen molar-refractivity contribution in [1.29, 1.82) is 0 Å². The number of anilines is 2. The molecule has 0 saturated carbocycles. The zero-order valence-corrected chi connectivity index (χ0v) is 12.9. The number of aromatic nitrogens is 2. The predicted molar refractivity (Wildman–Crippen MR) is 86.0 cm³/mol. The molecular weight excluding hydrogens is 280 g/mol. The van der Waals surface area contributed by atoms with Crippen molar-refractivity contribution in [3.05, 3.63) is 36.5 Å². The van der Waals surface area contributed by atoms with Crippen molar-refractivity contribution in [3.63, 3.8) is 0 Å². The van der Waals surface area contributed by atoms with E-state index in [0.717, 1.165) is 37.9 Å². The molecule has 6 nitrogen and oxygen atoms in total. The molecule has 0 aliphatic carbocycles. The molecule has 116 valence electrons. The van der Waals surface area contributed by atoms with Crippen LogP contribution >= 0.6 is 0 Å². The Labute approximate surface area is 130 Å². The van der Waals surface area contributed by atoms with E-state index in [1.54, 1.807) is 26.5 Å². The van der Waals surface area contributed by atoms with Gasteiger partial charge in [0.05, 0.1) is 14.2 Å². The van der Waals surface area contributed by atoms with Crippen molar-refractivity contribution < 1.29 is 9.47 Å². The Kier molecular flexibility index (Phi) is 4.27. The van der Waals surface area contributed by atoms with E-state index in [0.29, 0.717) is 5.88 Å². The monoisotopic (exact) mass is 300 g/mol. The lowest BCUT2D eigenvalue weighted by atomic mass is 10.2. The van der Waals surface area contributed by atoms with E-state index in [2.05, 4.69) is 31.9 Å². The highest BCUT2D eigenvalue weighted by Crippen LogP contribution is 2.23. The second-order valence-electron chi connectivity index (χ2n) is 5.07. The van der Waals surface area contributed by atoms with Crippen LogP contribution in [0.15, 0.2) is 36.5 Å². The summed E-state index contributed by atoms with van der Waals surface area (Å²) in [7, 11) is 3.31. The molecule has 1 aliphatic heterocycles. The van der Waals surface area contributed by atoms with E-state index in [1.165, 1.54) is 5.69 Å². The summed E-state index contributed by atoms with van der Waals surface area (Å²) in [5.74, 6) is 2.21. The summed E-state index contributed by atoms with van der Waals surface area (Å²) in [5, 5.41) is 0. The molecule has 2 aromatic rings. The Morgan fingerprint density at radius 2 is 1.73 bits per heavy atom. The van der Waals surface area contributed by atoms with Crippen molar-refractivity contribution in [3.8, 4) is 11.6 Å². The van der Waals surface area contributed by atoms with Gasteiger partial charge in [-0.1, -0.05) is 6.07 Å². The van der Waals surface area contributed by atoms with Gasteiger partial charge in [0, 0.05) is 50.2 Å². The number of nitrogens with zero attached hydrogens (tertiary/aromatic N) is 4. The molecule has 1 aromatic carbocycles. The van der Waals surface area contributed by atoms with Gasteiger partial charge in [-0.15, -0.1) is 0 Å². The Bertz CT molecular complexity index is 572. The van der Waals surface area contributed by atoms with E-state index in [1.807, 2.05) is 12.1 Å². The molecule has 0 atom stereocenters. The van der Waals surface area contributed by atoms with E-state index < -0.39 is 0 Å². The van der Waals surface area contributed by atoms with E-state index >= 15 is 0 Å². The summed E-state index contributed by atoms with van der Waals surface area (Å²) in [6, 6.07) is 9.92. The topological polar surface area (TPSA) is 50.7 Å². The van der Waals surface area contributed by atoms with Gasteiger partial charge >= 0.3 is 0 Å². The predicted octanol–water partition coefficient (Wildman–Crippen LogP) is 1.82. The molecule has 2 heterocycles. The Morgan fingerprint density at radius 3 is 2.45 bits per heavy atom. The van der Waals surface area contributed by atoms with Crippen molar-refractivity contribution in [2.45, 2.75) is 0 Å². The van der Waals surface area contributed by atoms with Crippen LogP contribution in [0.4, 0.5) is 11.6 Å². The summed E-state index contributed by atoms with van der Waals surface area (Å²) in [6.07, 6.45) is 1.73. The van der Waals surface area contributed by atoms with Crippen molar-refractivity contribution in [1.82, 2.24) is 9.97 Å². The van der Waals surface area contributed by atoms with E-state index in [9.17, 15) is 0 Å². The van der Waals surface area contributed by atoms with Gasteiger partial charge in [0.1, 0.15) is 5.75 Å². The van der Waals surface area contributed by atoms with Crippen molar-refractivity contribution in [2.24, 2.45) is 0 Å². The minimum absolute atomic E-state index is 0.597. The van der Waals surface area contributed by atoms with E-state index in [-0.39, 0.29) is 0 Å². The summed E-state index contributed by atoms with van der Waals surface area (Å²) < 4.78 is 10.5. The molecule has 0 bridgehead atoms. The van der Waals surface area contributed by atoms with Crippen LogP contribution in [0, 0.1) is 0 Å². The number of hydrogen-bond donors (Lipinski definition) is 0. The van der Waals surface area contributed by atoms with Gasteiger partial charge < -0.3 is 19.3 Å².